The first-order chi connectivity index (χ1) is 14.6. The number of rotatable bonds is 4. The average molecular weight is 402 g/mol. The number of ether oxygens (including phenoxy) is 1. The van der Waals surface area contributed by atoms with Crippen molar-refractivity contribution >= 4 is 5.97 Å². The molecular formula is C25H26N2O3. The van der Waals surface area contributed by atoms with Crippen LogP contribution in [0.3, 0.4) is 0 Å². The summed E-state index contributed by atoms with van der Waals surface area (Å²) >= 11 is 0. The number of aliphatic carboxylic acids is 1. The number of aromatic nitrogens is 1. The average Bonchev–Trinajstić information content (AvgIpc) is 3.46. The van der Waals surface area contributed by atoms with E-state index in [2.05, 4.69) is 39.9 Å². The molecule has 5 rings (SSSR count). The summed E-state index contributed by atoms with van der Waals surface area (Å²) in [5.74, 6) is 6.40. The fourth-order valence-electron chi connectivity index (χ4n) is 4.80. The van der Waals surface area contributed by atoms with E-state index >= 15 is 0 Å². The van der Waals surface area contributed by atoms with Crippen LogP contribution in [-0.2, 0) is 16.8 Å². The van der Waals surface area contributed by atoms with Crippen LogP contribution < -0.4 is 4.74 Å². The van der Waals surface area contributed by atoms with Gasteiger partial charge in [0.2, 0.25) is 0 Å². The van der Waals surface area contributed by atoms with Crippen LogP contribution in [0.1, 0.15) is 55.0 Å². The third-order valence-electron chi connectivity index (χ3n) is 6.78. The highest BCUT2D eigenvalue weighted by Gasteiger charge is 2.51. The third kappa shape index (κ3) is 3.57. The van der Waals surface area contributed by atoms with E-state index in [9.17, 15) is 9.90 Å². The molecule has 1 N–H and O–H groups in total. The van der Waals surface area contributed by atoms with E-state index in [4.69, 9.17) is 4.74 Å². The number of hydrogen-bond acceptors (Lipinski definition) is 4. The lowest BCUT2D eigenvalue weighted by atomic mass is 9.76. The van der Waals surface area contributed by atoms with Gasteiger partial charge in [-0.05, 0) is 73.9 Å². The highest BCUT2D eigenvalue weighted by molar-refractivity contribution is 5.71. The molecule has 0 radical (unpaired) electrons. The summed E-state index contributed by atoms with van der Waals surface area (Å²) in [4.78, 5) is 18.0. The van der Waals surface area contributed by atoms with Gasteiger partial charge in [0.15, 0.2) is 0 Å². The van der Waals surface area contributed by atoms with E-state index in [1.54, 1.807) is 6.20 Å². The van der Waals surface area contributed by atoms with Gasteiger partial charge in [-0.1, -0.05) is 12.0 Å². The van der Waals surface area contributed by atoms with Gasteiger partial charge in [0.1, 0.15) is 11.4 Å². The maximum atomic E-state index is 11.2. The van der Waals surface area contributed by atoms with E-state index < -0.39 is 5.97 Å². The van der Waals surface area contributed by atoms with Gasteiger partial charge in [-0.15, -0.1) is 0 Å². The summed E-state index contributed by atoms with van der Waals surface area (Å²) in [6, 6.07) is 10.8. The highest BCUT2D eigenvalue weighted by Crippen LogP contribution is 2.53. The van der Waals surface area contributed by atoms with Crippen LogP contribution in [0.15, 0.2) is 36.5 Å². The molecule has 154 valence electrons. The molecule has 1 aromatic carbocycles. The third-order valence-corrected chi connectivity index (χ3v) is 6.78. The Morgan fingerprint density at radius 2 is 2.10 bits per heavy atom. The Morgan fingerprint density at radius 3 is 2.77 bits per heavy atom. The molecule has 0 atom stereocenters. The molecule has 2 heterocycles. The molecular weight excluding hydrogens is 376 g/mol. The van der Waals surface area contributed by atoms with Gasteiger partial charge in [-0.3, -0.25) is 9.69 Å². The summed E-state index contributed by atoms with van der Waals surface area (Å²) in [5, 5.41) is 9.18. The summed E-state index contributed by atoms with van der Waals surface area (Å²) in [6.45, 7) is 4.55. The minimum Gasteiger partial charge on any atom is -0.492 e. The van der Waals surface area contributed by atoms with E-state index in [1.165, 1.54) is 24.0 Å². The minimum absolute atomic E-state index is 0.152. The molecule has 0 bridgehead atoms. The lowest BCUT2D eigenvalue weighted by molar-refractivity contribution is -0.147. The molecule has 0 saturated heterocycles. The van der Waals surface area contributed by atoms with Crippen LogP contribution in [-0.4, -0.2) is 40.2 Å². The molecule has 1 aliphatic heterocycles. The topological polar surface area (TPSA) is 62.7 Å². The van der Waals surface area contributed by atoms with Crippen molar-refractivity contribution in [1.29, 1.82) is 0 Å². The van der Waals surface area contributed by atoms with Gasteiger partial charge < -0.3 is 9.84 Å². The maximum Gasteiger partial charge on any atom is 0.306 e. The molecule has 0 unspecified atom stereocenters. The Morgan fingerprint density at radius 1 is 1.27 bits per heavy atom. The molecule has 2 saturated carbocycles. The van der Waals surface area contributed by atoms with Crippen molar-refractivity contribution in [1.82, 2.24) is 9.88 Å². The van der Waals surface area contributed by atoms with E-state index in [-0.39, 0.29) is 11.3 Å². The zero-order valence-corrected chi connectivity index (χ0v) is 17.2. The summed E-state index contributed by atoms with van der Waals surface area (Å²) < 4.78 is 5.43. The zero-order valence-electron chi connectivity index (χ0n) is 17.2. The molecule has 5 heteroatoms. The van der Waals surface area contributed by atoms with Gasteiger partial charge in [0.25, 0.3) is 0 Å². The van der Waals surface area contributed by atoms with Gasteiger partial charge in [0.05, 0.1) is 18.7 Å². The Kier molecular flexibility index (Phi) is 4.75. The van der Waals surface area contributed by atoms with Crippen LogP contribution >= 0.6 is 0 Å². The second-order valence-corrected chi connectivity index (χ2v) is 8.78. The first kappa shape index (κ1) is 19.1. The Bertz CT molecular complexity index is 1020. The molecule has 1 spiro atoms. The molecule has 2 fully saturated rings. The van der Waals surface area contributed by atoms with Crippen molar-refractivity contribution < 1.29 is 14.6 Å². The SMILES string of the molecule is CCOc1ccc(C#Cc2ccc3c(c2)C2(CC2)CN(C2CC(C(=O)O)C2)C3)nc1. The monoisotopic (exact) mass is 402 g/mol. The van der Waals surface area contributed by atoms with Gasteiger partial charge in [-0.25, -0.2) is 4.98 Å². The van der Waals surface area contributed by atoms with Crippen LogP contribution in [0.25, 0.3) is 0 Å². The van der Waals surface area contributed by atoms with Crippen LogP contribution in [0.2, 0.25) is 0 Å². The number of hydrogen-bond donors (Lipinski definition) is 1. The number of pyridine rings is 1. The van der Waals surface area contributed by atoms with Crippen LogP contribution in [0.5, 0.6) is 5.75 Å². The molecule has 2 aliphatic carbocycles. The van der Waals surface area contributed by atoms with E-state index in [1.807, 2.05) is 19.1 Å². The molecule has 1 aromatic heterocycles. The van der Waals surface area contributed by atoms with Gasteiger partial charge in [0, 0.05) is 30.1 Å². The minimum atomic E-state index is -0.643. The predicted octanol–water partition coefficient (Wildman–Crippen LogP) is 3.59. The van der Waals surface area contributed by atoms with Crippen molar-refractivity contribution in [2.75, 3.05) is 13.2 Å². The van der Waals surface area contributed by atoms with Crippen LogP contribution in [0, 0.1) is 17.8 Å². The van der Waals surface area contributed by atoms with Gasteiger partial charge in [-0.2, -0.15) is 0 Å². The smallest absolute Gasteiger partial charge is 0.306 e. The highest BCUT2D eigenvalue weighted by atomic mass is 16.5. The lowest BCUT2D eigenvalue weighted by Gasteiger charge is -2.46. The number of carboxylic acid groups (broad SMARTS) is 1. The number of benzene rings is 1. The summed E-state index contributed by atoms with van der Waals surface area (Å²) in [7, 11) is 0. The molecule has 30 heavy (non-hydrogen) atoms. The Balaban J connectivity index is 1.32. The molecule has 0 amide bonds. The van der Waals surface area contributed by atoms with Gasteiger partial charge >= 0.3 is 5.97 Å². The summed E-state index contributed by atoms with van der Waals surface area (Å²) in [5.41, 5.74) is 4.83. The predicted molar refractivity (Wildman–Crippen MR) is 113 cm³/mol. The van der Waals surface area contributed by atoms with Crippen molar-refractivity contribution in [2.24, 2.45) is 5.92 Å². The Hall–Kier alpha value is -2.84. The second-order valence-electron chi connectivity index (χ2n) is 8.78. The van der Waals surface area contributed by atoms with Crippen molar-refractivity contribution in [3.05, 3.63) is 58.9 Å². The second kappa shape index (κ2) is 7.45. The maximum absolute atomic E-state index is 11.2. The lowest BCUT2D eigenvalue weighted by Crippen LogP contribution is -2.51. The fraction of sp³-hybridized carbons (Fsp3) is 0.440. The van der Waals surface area contributed by atoms with E-state index in [0.29, 0.717) is 12.6 Å². The normalized spacial score (nSPS) is 23.6. The van der Waals surface area contributed by atoms with Crippen molar-refractivity contribution in [3.63, 3.8) is 0 Å². The van der Waals surface area contributed by atoms with Crippen LogP contribution in [0.4, 0.5) is 0 Å². The van der Waals surface area contributed by atoms with Crippen molar-refractivity contribution in [3.8, 4) is 17.6 Å². The number of carboxylic acids is 1. The molecule has 5 nitrogen and oxygen atoms in total. The largest absolute Gasteiger partial charge is 0.492 e. The molecule has 2 aromatic rings. The first-order valence-electron chi connectivity index (χ1n) is 10.8. The number of nitrogens with zero attached hydrogens (tertiary/aromatic N) is 2. The Labute approximate surface area is 177 Å². The summed E-state index contributed by atoms with van der Waals surface area (Å²) in [6.07, 6.45) is 5.72. The number of carbonyl (C=O) groups is 1. The van der Waals surface area contributed by atoms with E-state index in [0.717, 1.165) is 42.9 Å². The fourth-order valence-corrected chi connectivity index (χ4v) is 4.80. The zero-order chi connectivity index (χ0) is 20.7. The quantitative estimate of drug-likeness (QED) is 0.792. The molecule has 3 aliphatic rings. The first-order valence-corrected chi connectivity index (χ1v) is 10.8. The number of fused-ring (bicyclic) bond motifs is 2. The van der Waals surface area contributed by atoms with Crippen molar-refractivity contribution in [2.45, 2.75) is 50.6 Å². The standard InChI is InChI=1S/C25H26N2O3/c1-2-30-22-8-7-20(26-14-22)6-4-17-3-5-18-15-27(21-12-19(13-21)24(28)29)16-25(9-10-25)23(18)11-17/h3,5,7-8,11,14,19,21H,2,9-10,12-13,15-16H2,1H3,(H,28,29).